The smallest absolute Gasteiger partial charge is 0.508 e. The zero-order valence-electron chi connectivity index (χ0n) is 26.0. The Labute approximate surface area is 269 Å². The second-order valence-corrected chi connectivity index (χ2v) is 13.3. The maximum Gasteiger partial charge on any atom is 0.509 e. The van der Waals surface area contributed by atoms with Crippen LogP contribution in [0.25, 0.3) is 32.8 Å². The van der Waals surface area contributed by atoms with Gasteiger partial charge in [-0.2, -0.15) is 9.97 Å². The van der Waals surface area contributed by atoms with Crippen LogP contribution in [-0.2, 0) is 15.9 Å². The van der Waals surface area contributed by atoms with Gasteiger partial charge in [-0.05, 0) is 84.8 Å². The fourth-order valence-electron chi connectivity index (χ4n) is 8.25. The number of aryl methyl sites for hydroxylation is 1. The number of ether oxygens (including phenoxy) is 3. The number of carbonyl (C=O) groups excluding carboxylic acids is 1. The van der Waals surface area contributed by atoms with Gasteiger partial charge in [-0.1, -0.05) is 19.1 Å². The minimum atomic E-state index is -0.942. The number of hydrogen-bond acceptors (Lipinski definition) is 9. The van der Waals surface area contributed by atoms with Crippen molar-refractivity contribution in [1.82, 2.24) is 14.9 Å². The molecule has 4 aliphatic rings. The Morgan fingerprint density at radius 3 is 2.74 bits per heavy atom. The van der Waals surface area contributed by atoms with Gasteiger partial charge in [0, 0.05) is 30.5 Å². The van der Waals surface area contributed by atoms with Crippen LogP contribution in [0.3, 0.4) is 0 Å². The second kappa shape index (κ2) is 11.1. The first-order chi connectivity index (χ1) is 22.7. The number of phenolic OH excluding ortho intramolecular Hbond substituents is 1. The van der Waals surface area contributed by atoms with Gasteiger partial charge in [-0.25, -0.2) is 18.0 Å². The first-order valence-corrected chi connectivity index (χ1v) is 16.2. The molecule has 0 amide bonds. The minimum Gasteiger partial charge on any atom is -0.508 e. The van der Waals surface area contributed by atoms with Gasteiger partial charge in [0.05, 0.1) is 12.1 Å². The van der Waals surface area contributed by atoms with E-state index in [0.29, 0.717) is 71.9 Å². The van der Waals surface area contributed by atoms with E-state index in [4.69, 9.17) is 19.2 Å². The molecule has 4 aromatic rings. The van der Waals surface area contributed by atoms with Crippen molar-refractivity contribution in [2.45, 2.75) is 62.8 Å². The molecule has 1 aromatic heterocycles. The van der Waals surface area contributed by atoms with Crippen LogP contribution in [-0.4, -0.2) is 82.8 Å². The average Bonchev–Trinajstić information content (AvgIpc) is 3.71. The van der Waals surface area contributed by atoms with Crippen LogP contribution in [0.5, 0.6) is 11.8 Å². The summed E-state index contributed by atoms with van der Waals surface area (Å²) in [5.41, 5.74) is -0.437. The molecule has 0 radical (unpaired) electrons. The summed E-state index contributed by atoms with van der Waals surface area (Å²) in [4.78, 5) is 25.3. The highest BCUT2D eigenvalue weighted by atomic mass is 19.1. The summed E-state index contributed by atoms with van der Waals surface area (Å²) < 4.78 is 63.4. The van der Waals surface area contributed by atoms with Gasteiger partial charge >= 0.3 is 12.2 Å². The molecule has 0 saturated carbocycles. The lowest BCUT2D eigenvalue weighted by Gasteiger charge is -2.38. The summed E-state index contributed by atoms with van der Waals surface area (Å²) in [5, 5.41) is 12.1. The Morgan fingerprint density at radius 2 is 1.94 bits per heavy atom. The largest absolute Gasteiger partial charge is 0.509 e. The molecule has 4 fully saturated rings. The number of cyclic esters (lactones) is 1. The van der Waals surface area contributed by atoms with Crippen molar-refractivity contribution in [2.75, 3.05) is 44.3 Å². The number of alkyl halides is 1. The van der Waals surface area contributed by atoms with Gasteiger partial charge in [0.2, 0.25) is 0 Å². The van der Waals surface area contributed by atoms with Crippen molar-refractivity contribution in [3.8, 4) is 22.9 Å². The molecule has 1 spiro atoms. The molecule has 9 nitrogen and oxygen atoms in total. The van der Waals surface area contributed by atoms with E-state index in [1.807, 2.05) is 11.8 Å². The van der Waals surface area contributed by atoms with Gasteiger partial charge in [-0.3, -0.25) is 4.90 Å². The lowest BCUT2D eigenvalue weighted by atomic mass is 9.91. The molecular formula is C35H35F3N4O5. The zero-order chi connectivity index (χ0) is 32.5. The Morgan fingerprint density at radius 1 is 1.09 bits per heavy atom. The predicted octanol–water partition coefficient (Wildman–Crippen LogP) is 6.46. The summed E-state index contributed by atoms with van der Waals surface area (Å²) >= 11 is 0. The van der Waals surface area contributed by atoms with Crippen LogP contribution in [0.1, 0.15) is 44.6 Å². The third-order valence-electron chi connectivity index (χ3n) is 10.4. The number of aromatic hydroxyl groups is 1. The monoisotopic (exact) mass is 648 g/mol. The summed E-state index contributed by atoms with van der Waals surface area (Å²) in [6.07, 6.45) is 2.07. The number of anilines is 1. The number of hydrogen-bond donors (Lipinski definition) is 1. The van der Waals surface area contributed by atoms with Gasteiger partial charge in [-0.15, -0.1) is 0 Å². The van der Waals surface area contributed by atoms with Crippen molar-refractivity contribution >= 4 is 33.6 Å². The Kier molecular flexibility index (Phi) is 7.12. The minimum absolute atomic E-state index is 0.0108. The highest BCUT2D eigenvalue weighted by Gasteiger charge is 2.50. The number of phenols is 1. The number of aromatic nitrogens is 2. The van der Waals surface area contributed by atoms with Gasteiger partial charge in [0.25, 0.3) is 0 Å². The highest BCUT2D eigenvalue weighted by Crippen LogP contribution is 2.43. The summed E-state index contributed by atoms with van der Waals surface area (Å²) in [7, 11) is 0. The summed E-state index contributed by atoms with van der Waals surface area (Å²) in [5.74, 6) is -0.758. The third-order valence-corrected chi connectivity index (χ3v) is 10.4. The molecule has 0 aliphatic carbocycles. The maximum absolute atomic E-state index is 16.9. The van der Waals surface area contributed by atoms with Crippen LogP contribution >= 0.6 is 0 Å². The molecule has 1 N–H and O–H groups in total. The fourth-order valence-corrected chi connectivity index (χ4v) is 8.25. The maximum atomic E-state index is 16.9. The Balaban J connectivity index is 1.27. The van der Waals surface area contributed by atoms with Crippen LogP contribution in [0.4, 0.5) is 23.8 Å². The van der Waals surface area contributed by atoms with E-state index in [9.17, 15) is 18.7 Å². The number of piperidine rings is 1. The van der Waals surface area contributed by atoms with Crippen molar-refractivity contribution in [1.29, 1.82) is 0 Å². The van der Waals surface area contributed by atoms with E-state index in [2.05, 4.69) is 9.88 Å². The lowest BCUT2D eigenvalue weighted by molar-refractivity contribution is 0.0445. The Bertz CT molecular complexity index is 1930. The molecule has 246 valence electrons. The van der Waals surface area contributed by atoms with E-state index >= 15 is 4.39 Å². The number of nitrogens with zero attached hydrogens (tertiary/aromatic N) is 4. The van der Waals surface area contributed by atoms with Crippen LogP contribution in [0.2, 0.25) is 0 Å². The lowest BCUT2D eigenvalue weighted by Crippen LogP contribution is -2.50. The topological polar surface area (TPSA) is 97.2 Å². The third kappa shape index (κ3) is 4.99. The zero-order valence-corrected chi connectivity index (χ0v) is 26.0. The summed E-state index contributed by atoms with van der Waals surface area (Å²) in [6, 6.07) is 9.15. The van der Waals surface area contributed by atoms with E-state index in [-0.39, 0.29) is 42.6 Å². The van der Waals surface area contributed by atoms with E-state index in [1.165, 1.54) is 18.2 Å². The second-order valence-electron chi connectivity index (χ2n) is 13.3. The average molecular weight is 649 g/mol. The fraction of sp³-hybridized carbons (Fsp3) is 0.457. The number of fused-ring (bicyclic) bond motifs is 3. The molecule has 0 bridgehead atoms. The molecule has 3 aromatic carbocycles. The number of halogens is 3. The number of carbonyl (C=O) groups is 1. The van der Waals surface area contributed by atoms with Crippen molar-refractivity contribution in [2.24, 2.45) is 0 Å². The quantitative estimate of drug-likeness (QED) is 0.237. The predicted molar refractivity (Wildman–Crippen MR) is 169 cm³/mol. The van der Waals surface area contributed by atoms with Crippen LogP contribution in [0, 0.1) is 11.6 Å². The van der Waals surface area contributed by atoms with Crippen molar-refractivity contribution < 1.29 is 37.3 Å². The normalized spacial score (nSPS) is 25.9. The van der Waals surface area contributed by atoms with Crippen LogP contribution < -0.4 is 9.64 Å². The molecule has 47 heavy (non-hydrogen) atoms. The van der Waals surface area contributed by atoms with Crippen LogP contribution in [0.15, 0.2) is 36.4 Å². The van der Waals surface area contributed by atoms with Gasteiger partial charge in [0.1, 0.15) is 42.3 Å². The molecule has 4 saturated heterocycles. The van der Waals surface area contributed by atoms with E-state index in [1.54, 1.807) is 18.2 Å². The highest BCUT2D eigenvalue weighted by molar-refractivity contribution is 6.03. The first-order valence-electron chi connectivity index (χ1n) is 16.2. The van der Waals surface area contributed by atoms with E-state index < -0.39 is 35.1 Å². The SMILES string of the molecule is CCc1c(F)ccc2cc(O)cc(-c3ccc4c(N5CCC[C@]6(COC(=O)O6)C5)nc(OC[C@@]56CCCN5C[C@H](F)C6)nc4c3F)c12. The van der Waals surface area contributed by atoms with Gasteiger partial charge in [0.15, 0.2) is 11.4 Å². The van der Waals surface area contributed by atoms with Crippen molar-refractivity contribution in [3.63, 3.8) is 0 Å². The van der Waals surface area contributed by atoms with E-state index in [0.717, 1.165) is 19.4 Å². The standard InChI is InChI=1S/C35H35F3N4O5/c1-2-23-27(37)8-5-20-13-22(43)14-26(28(20)23)24-6-7-25-30(29(24)38)39-32(45-18-34-9-3-12-42(34)16-21(36)15-34)40-31(25)41-11-4-10-35(17-41)19-46-33(44)47-35/h5-8,13-14,21,43H,2-4,9-12,15-19H2,1H3/t21-,34+,35-/m1/s1. The molecule has 12 heteroatoms. The van der Waals surface area contributed by atoms with Crippen molar-refractivity contribution in [3.05, 3.63) is 53.6 Å². The Hall–Kier alpha value is -4.32. The molecule has 5 heterocycles. The molecule has 8 rings (SSSR count). The first kappa shape index (κ1) is 30.0. The molecule has 4 aliphatic heterocycles. The van der Waals surface area contributed by atoms with Gasteiger partial charge < -0.3 is 24.2 Å². The molecule has 0 unspecified atom stereocenters. The number of benzene rings is 3. The molecular weight excluding hydrogens is 613 g/mol. The molecule has 3 atom stereocenters. The number of rotatable bonds is 6. The summed E-state index contributed by atoms with van der Waals surface area (Å²) in [6.45, 7) is 4.09.